The van der Waals surface area contributed by atoms with Gasteiger partial charge >= 0.3 is 0 Å². The van der Waals surface area contributed by atoms with Crippen LogP contribution >= 0.6 is 24.0 Å². The molecule has 5 nitrogen and oxygen atoms in total. The second-order valence-electron chi connectivity index (χ2n) is 4.90. The topological polar surface area (TPSA) is 58.5 Å². The minimum atomic E-state index is 0. The van der Waals surface area contributed by atoms with Crippen LogP contribution in [0.2, 0.25) is 0 Å². The van der Waals surface area contributed by atoms with Crippen LogP contribution in [0.3, 0.4) is 0 Å². The minimum Gasteiger partial charge on any atom is -0.382 e. The fourth-order valence-corrected chi connectivity index (χ4v) is 2.23. The van der Waals surface area contributed by atoms with Crippen molar-refractivity contribution in [2.24, 2.45) is 4.99 Å². The number of benzene rings is 1. The van der Waals surface area contributed by atoms with Crippen LogP contribution in [0.5, 0.6) is 0 Å². The Morgan fingerprint density at radius 1 is 1.22 bits per heavy atom. The van der Waals surface area contributed by atoms with Gasteiger partial charge in [0.2, 0.25) is 0 Å². The van der Waals surface area contributed by atoms with E-state index in [1.807, 2.05) is 19.2 Å². The molecule has 126 valence electrons. The van der Waals surface area contributed by atoms with E-state index in [1.54, 1.807) is 7.05 Å². The molecule has 1 heterocycles. The number of ether oxygens (including phenoxy) is 1. The molecule has 0 radical (unpaired) electrons. The van der Waals surface area contributed by atoms with Crippen molar-refractivity contribution < 1.29 is 4.74 Å². The second-order valence-corrected chi connectivity index (χ2v) is 4.90. The van der Waals surface area contributed by atoms with E-state index in [0.29, 0.717) is 6.54 Å². The number of aliphatic imine (C=N–C) groups is 1. The van der Waals surface area contributed by atoms with Gasteiger partial charge in [-0.1, -0.05) is 24.3 Å². The highest BCUT2D eigenvalue weighted by Crippen LogP contribution is 2.15. The number of hydrogen-bond donors (Lipinski definition) is 2. The summed E-state index contributed by atoms with van der Waals surface area (Å²) in [5.74, 6) is 0.796. The van der Waals surface area contributed by atoms with Crippen molar-refractivity contribution in [1.82, 2.24) is 15.6 Å². The summed E-state index contributed by atoms with van der Waals surface area (Å²) in [4.78, 5) is 8.70. The Morgan fingerprint density at radius 3 is 2.83 bits per heavy atom. The quantitative estimate of drug-likeness (QED) is 0.308. The molecule has 0 fully saturated rings. The number of nitrogens with zero attached hydrogens (tertiary/aromatic N) is 2. The number of guanidine groups is 1. The lowest BCUT2D eigenvalue weighted by molar-refractivity contribution is 0.145. The molecule has 0 unspecified atom stereocenters. The normalized spacial score (nSPS) is 11.1. The van der Waals surface area contributed by atoms with Crippen LogP contribution < -0.4 is 10.6 Å². The third-order valence-electron chi connectivity index (χ3n) is 3.35. The van der Waals surface area contributed by atoms with Crippen LogP contribution in [-0.4, -0.2) is 37.7 Å². The Labute approximate surface area is 155 Å². The zero-order valence-electron chi connectivity index (χ0n) is 13.7. The zero-order valence-corrected chi connectivity index (χ0v) is 16.0. The van der Waals surface area contributed by atoms with Gasteiger partial charge in [-0.3, -0.25) is 9.98 Å². The van der Waals surface area contributed by atoms with E-state index in [0.717, 1.165) is 48.6 Å². The first-order chi connectivity index (χ1) is 10.8. The summed E-state index contributed by atoms with van der Waals surface area (Å²) in [7, 11) is 1.78. The number of para-hydroxylation sites is 1. The lowest BCUT2D eigenvalue weighted by atomic mass is 10.1. The molecule has 0 aliphatic carbocycles. The third-order valence-corrected chi connectivity index (χ3v) is 3.35. The highest BCUT2D eigenvalue weighted by molar-refractivity contribution is 14.0. The van der Waals surface area contributed by atoms with E-state index in [4.69, 9.17) is 4.74 Å². The van der Waals surface area contributed by atoms with Crippen LogP contribution in [0, 0.1) is 0 Å². The highest BCUT2D eigenvalue weighted by Gasteiger charge is 2.03. The summed E-state index contributed by atoms with van der Waals surface area (Å²) in [6.07, 6.45) is 2.79. The summed E-state index contributed by atoms with van der Waals surface area (Å²) < 4.78 is 5.32. The number of fused-ring (bicyclic) bond motifs is 1. The monoisotopic (exact) mass is 428 g/mol. The Kier molecular flexibility index (Phi) is 9.54. The van der Waals surface area contributed by atoms with Crippen molar-refractivity contribution in [2.75, 3.05) is 26.8 Å². The SMILES string of the molecule is CCOCCCNC(=NC)NCc1cccc2cccnc12.I. The Balaban J connectivity index is 0.00000264. The highest BCUT2D eigenvalue weighted by atomic mass is 127. The van der Waals surface area contributed by atoms with Gasteiger partial charge in [0, 0.05) is 44.9 Å². The molecule has 2 rings (SSSR count). The zero-order chi connectivity index (χ0) is 15.6. The molecule has 0 bridgehead atoms. The molecule has 0 aliphatic rings. The van der Waals surface area contributed by atoms with E-state index in [9.17, 15) is 0 Å². The second kappa shape index (κ2) is 11.2. The van der Waals surface area contributed by atoms with Gasteiger partial charge in [-0.2, -0.15) is 0 Å². The van der Waals surface area contributed by atoms with E-state index >= 15 is 0 Å². The molecule has 1 aromatic carbocycles. The number of rotatable bonds is 7. The van der Waals surface area contributed by atoms with Crippen LogP contribution in [0.25, 0.3) is 10.9 Å². The Morgan fingerprint density at radius 2 is 2.04 bits per heavy atom. The Bertz CT molecular complexity index is 613. The van der Waals surface area contributed by atoms with Crippen LogP contribution in [0.1, 0.15) is 18.9 Å². The van der Waals surface area contributed by atoms with Gasteiger partial charge < -0.3 is 15.4 Å². The van der Waals surface area contributed by atoms with Crippen molar-refractivity contribution in [3.8, 4) is 0 Å². The molecule has 0 atom stereocenters. The molecule has 6 heteroatoms. The van der Waals surface area contributed by atoms with Crippen LogP contribution in [0.15, 0.2) is 41.5 Å². The predicted octanol–water partition coefficient (Wildman–Crippen LogP) is 2.94. The van der Waals surface area contributed by atoms with Gasteiger partial charge in [0.05, 0.1) is 5.52 Å². The molecular formula is C17H25IN4O. The fourth-order valence-electron chi connectivity index (χ4n) is 2.23. The van der Waals surface area contributed by atoms with Crippen molar-refractivity contribution in [3.63, 3.8) is 0 Å². The Hall–Kier alpha value is -1.41. The van der Waals surface area contributed by atoms with Crippen LogP contribution in [-0.2, 0) is 11.3 Å². The number of pyridine rings is 1. The molecule has 0 aliphatic heterocycles. The van der Waals surface area contributed by atoms with Gasteiger partial charge in [-0.05, 0) is 25.0 Å². The van der Waals surface area contributed by atoms with E-state index in [-0.39, 0.29) is 24.0 Å². The van der Waals surface area contributed by atoms with E-state index in [1.165, 1.54) is 0 Å². The van der Waals surface area contributed by atoms with Crippen molar-refractivity contribution >= 4 is 40.8 Å². The van der Waals surface area contributed by atoms with Gasteiger partial charge in [0.25, 0.3) is 0 Å². The first-order valence-electron chi connectivity index (χ1n) is 7.70. The fraction of sp³-hybridized carbons (Fsp3) is 0.412. The first-order valence-corrected chi connectivity index (χ1v) is 7.70. The summed E-state index contributed by atoms with van der Waals surface area (Å²) in [6.45, 7) is 5.08. The number of aromatic nitrogens is 1. The third kappa shape index (κ3) is 6.31. The summed E-state index contributed by atoms with van der Waals surface area (Å²) in [6, 6.07) is 10.3. The molecule has 0 saturated heterocycles. The van der Waals surface area contributed by atoms with E-state index < -0.39 is 0 Å². The maximum absolute atomic E-state index is 5.32. The molecule has 2 N–H and O–H groups in total. The predicted molar refractivity (Wildman–Crippen MR) is 106 cm³/mol. The summed E-state index contributed by atoms with van der Waals surface area (Å²) in [5, 5.41) is 7.77. The average Bonchev–Trinajstić information content (AvgIpc) is 2.57. The maximum Gasteiger partial charge on any atom is 0.191 e. The largest absolute Gasteiger partial charge is 0.382 e. The van der Waals surface area contributed by atoms with Gasteiger partial charge in [-0.15, -0.1) is 24.0 Å². The van der Waals surface area contributed by atoms with Gasteiger partial charge in [-0.25, -0.2) is 0 Å². The van der Waals surface area contributed by atoms with Crippen molar-refractivity contribution in [3.05, 3.63) is 42.1 Å². The number of nitrogens with one attached hydrogen (secondary N) is 2. The van der Waals surface area contributed by atoms with Crippen LogP contribution in [0.4, 0.5) is 0 Å². The molecule has 0 amide bonds. The van der Waals surface area contributed by atoms with Gasteiger partial charge in [0.1, 0.15) is 0 Å². The maximum atomic E-state index is 5.32. The minimum absolute atomic E-state index is 0. The molecule has 0 spiro atoms. The standard InChI is InChI=1S/C17H24N4O.HI/c1-3-22-12-6-11-20-17(18-2)21-13-15-8-4-7-14-9-5-10-19-16(14)15;/h4-5,7-10H,3,6,11-13H2,1-2H3,(H2,18,20,21);1H. The molecular weight excluding hydrogens is 403 g/mol. The van der Waals surface area contributed by atoms with Crippen molar-refractivity contribution in [2.45, 2.75) is 19.9 Å². The van der Waals surface area contributed by atoms with Crippen molar-refractivity contribution in [1.29, 1.82) is 0 Å². The molecule has 0 saturated carbocycles. The molecule has 23 heavy (non-hydrogen) atoms. The van der Waals surface area contributed by atoms with Gasteiger partial charge in [0.15, 0.2) is 5.96 Å². The lowest BCUT2D eigenvalue weighted by Crippen LogP contribution is -2.37. The average molecular weight is 428 g/mol. The first kappa shape index (κ1) is 19.6. The molecule has 2 aromatic rings. The number of halogens is 1. The summed E-state index contributed by atoms with van der Waals surface area (Å²) >= 11 is 0. The molecule has 1 aromatic heterocycles. The van der Waals surface area contributed by atoms with E-state index in [2.05, 4.69) is 44.9 Å². The smallest absolute Gasteiger partial charge is 0.191 e. The number of hydrogen-bond acceptors (Lipinski definition) is 3. The summed E-state index contributed by atoms with van der Waals surface area (Å²) in [5.41, 5.74) is 2.19. The lowest BCUT2D eigenvalue weighted by Gasteiger charge is -2.12.